The van der Waals surface area contributed by atoms with Crippen molar-refractivity contribution in [1.82, 2.24) is 5.32 Å². The average Bonchev–Trinajstić information content (AvgIpc) is 2.03. The van der Waals surface area contributed by atoms with E-state index in [1.54, 1.807) is 0 Å². The number of nitrogens with one attached hydrogen (secondary N) is 1. The molecular formula is C11H21NS. The van der Waals surface area contributed by atoms with Gasteiger partial charge in [0.15, 0.2) is 0 Å². The molecule has 0 aliphatic carbocycles. The highest BCUT2D eigenvalue weighted by Gasteiger charge is 2.40. The van der Waals surface area contributed by atoms with Gasteiger partial charge in [-0.1, -0.05) is 13.8 Å². The highest BCUT2D eigenvalue weighted by Crippen LogP contribution is 2.48. The van der Waals surface area contributed by atoms with Crippen LogP contribution in [0.25, 0.3) is 0 Å². The van der Waals surface area contributed by atoms with E-state index in [0.29, 0.717) is 10.8 Å². The van der Waals surface area contributed by atoms with Crippen molar-refractivity contribution in [3.8, 4) is 0 Å². The Labute approximate surface area is 86.0 Å². The van der Waals surface area contributed by atoms with Crippen molar-refractivity contribution in [2.45, 2.75) is 33.1 Å². The van der Waals surface area contributed by atoms with Crippen LogP contribution in [0.1, 0.15) is 33.1 Å². The summed E-state index contributed by atoms with van der Waals surface area (Å²) in [4.78, 5) is 0. The number of rotatable bonds is 0. The van der Waals surface area contributed by atoms with Gasteiger partial charge in [0.25, 0.3) is 0 Å². The van der Waals surface area contributed by atoms with Crippen LogP contribution >= 0.6 is 11.8 Å². The van der Waals surface area contributed by atoms with Crippen LogP contribution in [0.5, 0.6) is 0 Å². The Hall–Kier alpha value is 0.310. The molecule has 0 radical (unpaired) electrons. The Bertz CT molecular complexity index is 177. The minimum atomic E-state index is 0.584. The lowest BCUT2D eigenvalue weighted by Gasteiger charge is -2.47. The van der Waals surface area contributed by atoms with Crippen molar-refractivity contribution in [3.63, 3.8) is 0 Å². The molecule has 2 heterocycles. The fraction of sp³-hybridized carbons (Fsp3) is 1.00. The van der Waals surface area contributed by atoms with Crippen LogP contribution in [0.2, 0.25) is 0 Å². The lowest BCUT2D eigenvalue weighted by molar-refractivity contribution is 0.142. The maximum Gasteiger partial charge on any atom is -0.000944 e. The van der Waals surface area contributed by atoms with Gasteiger partial charge in [-0.15, -0.1) is 0 Å². The SMILES string of the molecule is CC1(C)CSCC2(CCNCC2)C1. The molecule has 1 nitrogen and oxygen atoms in total. The fourth-order valence-electron chi connectivity index (χ4n) is 2.94. The number of hydrogen-bond donors (Lipinski definition) is 1. The van der Waals surface area contributed by atoms with Crippen molar-refractivity contribution in [1.29, 1.82) is 0 Å². The molecule has 0 saturated carbocycles. The van der Waals surface area contributed by atoms with E-state index in [1.165, 1.54) is 43.9 Å². The van der Waals surface area contributed by atoms with Gasteiger partial charge < -0.3 is 5.32 Å². The molecule has 0 unspecified atom stereocenters. The van der Waals surface area contributed by atoms with Gasteiger partial charge in [0, 0.05) is 0 Å². The molecule has 1 spiro atoms. The van der Waals surface area contributed by atoms with Gasteiger partial charge in [0.2, 0.25) is 0 Å². The Kier molecular flexibility index (Phi) is 2.63. The second-order valence-electron chi connectivity index (χ2n) is 5.58. The summed E-state index contributed by atoms with van der Waals surface area (Å²) < 4.78 is 0. The Morgan fingerprint density at radius 2 is 1.77 bits per heavy atom. The van der Waals surface area contributed by atoms with Gasteiger partial charge in [0.1, 0.15) is 0 Å². The highest BCUT2D eigenvalue weighted by atomic mass is 32.2. The average molecular weight is 199 g/mol. The maximum atomic E-state index is 3.47. The normalized spacial score (nSPS) is 31.8. The predicted molar refractivity (Wildman–Crippen MR) is 60.3 cm³/mol. The molecule has 0 amide bonds. The zero-order chi connectivity index (χ0) is 9.36. The number of piperidine rings is 1. The summed E-state index contributed by atoms with van der Waals surface area (Å²) in [6.45, 7) is 7.36. The summed E-state index contributed by atoms with van der Waals surface area (Å²) in [7, 11) is 0. The molecule has 2 heteroatoms. The standard InChI is InChI=1S/C11H21NS/c1-10(2)7-11(9-13-8-10)3-5-12-6-4-11/h12H,3-9H2,1-2H3. The second-order valence-corrected chi connectivity index (χ2v) is 6.57. The molecule has 0 aromatic rings. The summed E-state index contributed by atoms with van der Waals surface area (Å²) in [6.07, 6.45) is 4.27. The molecule has 2 saturated heterocycles. The van der Waals surface area contributed by atoms with Crippen LogP contribution in [0, 0.1) is 10.8 Å². The molecule has 2 fully saturated rings. The molecule has 0 aromatic heterocycles. The summed E-state index contributed by atoms with van der Waals surface area (Å²) >= 11 is 2.18. The van der Waals surface area contributed by atoms with E-state index in [2.05, 4.69) is 30.9 Å². The Morgan fingerprint density at radius 1 is 1.08 bits per heavy atom. The smallest absolute Gasteiger partial charge is 0.000944 e. The Balaban J connectivity index is 2.04. The molecule has 1 N–H and O–H groups in total. The molecule has 0 bridgehead atoms. The highest BCUT2D eigenvalue weighted by molar-refractivity contribution is 7.99. The van der Waals surface area contributed by atoms with Gasteiger partial charge in [-0.05, 0) is 54.7 Å². The lowest BCUT2D eigenvalue weighted by atomic mass is 9.69. The monoisotopic (exact) mass is 199 g/mol. The Morgan fingerprint density at radius 3 is 2.38 bits per heavy atom. The van der Waals surface area contributed by atoms with Crippen LogP contribution in [0.3, 0.4) is 0 Å². The van der Waals surface area contributed by atoms with Crippen LogP contribution in [-0.2, 0) is 0 Å². The van der Waals surface area contributed by atoms with Gasteiger partial charge in [-0.25, -0.2) is 0 Å². The van der Waals surface area contributed by atoms with Crippen LogP contribution in [0.15, 0.2) is 0 Å². The van der Waals surface area contributed by atoms with E-state index in [0.717, 1.165) is 0 Å². The van der Waals surface area contributed by atoms with E-state index in [1.807, 2.05) is 0 Å². The minimum Gasteiger partial charge on any atom is -0.317 e. The molecule has 0 atom stereocenters. The van der Waals surface area contributed by atoms with Crippen LogP contribution < -0.4 is 5.32 Å². The van der Waals surface area contributed by atoms with Gasteiger partial charge in [0.05, 0.1) is 0 Å². The quantitative estimate of drug-likeness (QED) is 0.643. The molecule has 76 valence electrons. The van der Waals surface area contributed by atoms with Crippen molar-refractivity contribution < 1.29 is 0 Å². The molecular weight excluding hydrogens is 178 g/mol. The molecule has 2 aliphatic rings. The van der Waals surface area contributed by atoms with E-state index in [4.69, 9.17) is 0 Å². The first-order valence-electron chi connectivity index (χ1n) is 5.41. The molecule has 2 aliphatic heterocycles. The zero-order valence-electron chi connectivity index (χ0n) is 8.86. The van der Waals surface area contributed by atoms with Crippen LogP contribution in [-0.4, -0.2) is 24.6 Å². The topological polar surface area (TPSA) is 12.0 Å². The fourth-order valence-corrected chi connectivity index (χ4v) is 4.52. The van der Waals surface area contributed by atoms with Crippen molar-refractivity contribution in [2.24, 2.45) is 10.8 Å². The minimum absolute atomic E-state index is 0.584. The third kappa shape index (κ3) is 2.21. The second kappa shape index (κ2) is 3.47. The van der Waals surface area contributed by atoms with Crippen molar-refractivity contribution in [3.05, 3.63) is 0 Å². The van der Waals surface area contributed by atoms with Gasteiger partial charge in [-0.2, -0.15) is 11.8 Å². The first kappa shape index (κ1) is 9.85. The lowest BCUT2D eigenvalue weighted by Crippen LogP contribution is -2.44. The van der Waals surface area contributed by atoms with E-state index in [-0.39, 0.29) is 0 Å². The molecule has 0 aromatic carbocycles. The molecule has 2 rings (SSSR count). The third-order valence-electron chi connectivity index (χ3n) is 3.42. The van der Waals surface area contributed by atoms with Gasteiger partial charge >= 0.3 is 0 Å². The van der Waals surface area contributed by atoms with E-state index >= 15 is 0 Å². The van der Waals surface area contributed by atoms with E-state index < -0.39 is 0 Å². The maximum absolute atomic E-state index is 3.47. The summed E-state index contributed by atoms with van der Waals surface area (Å²) in [5, 5.41) is 3.47. The zero-order valence-corrected chi connectivity index (χ0v) is 9.67. The predicted octanol–water partition coefficient (Wildman–Crippen LogP) is 2.52. The summed E-state index contributed by atoms with van der Waals surface area (Å²) in [5.74, 6) is 2.78. The first-order chi connectivity index (χ1) is 6.12. The largest absolute Gasteiger partial charge is 0.317 e. The van der Waals surface area contributed by atoms with Crippen LogP contribution in [0.4, 0.5) is 0 Å². The number of hydrogen-bond acceptors (Lipinski definition) is 2. The number of thioether (sulfide) groups is 1. The van der Waals surface area contributed by atoms with Crippen molar-refractivity contribution >= 4 is 11.8 Å². The van der Waals surface area contributed by atoms with Crippen molar-refractivity contribution in [2.75, 3.05) is 24.6 Å². The first-order valence-corrected chi connectivity index (χ1v) is 6.56. The summed E-state index contributed by atoms with van der Waals surface area (Å²) in [6, 6.07) is 0. The van der Waals surface area contributed by atoms with Gasteiger partial charge in [-0.3, -0.25) is 0 Å². The molecule has 13 heavy (non-hydrogen) atoms. The summed E-state index contributed by atoms with van der Waals surface area (Å²) in [5.41, 5.74) is 1.28. The third-order valence-corrected chi connectivity index (χ3v) is 5.22. The van der Waals surface area contributed by atoms with E-state index in [9.17, 15) is 0 Å².